The summed E-state index contributed by atoms with van der Waals surface area (Å²) < 4.78 is 0. The lowest BCUT2D eigenvalue weighted by molar-refractivity contribution is 0.271. The molecule has 3 aromatic rings. The molecule has 0 aliphatic carbocycles. The van der Waals surface area contributed by atoms with Crippen LogP contribution in [0.3, 0.4) is 0 Å². The van der Waals surface area contributed by atoms with E-state index >= 15 is 0 Å². The second-order valence-corrected chi connectivity index (χ2v) is 8.56. The molecule has 0 aromatic heterocycles. The van der Waals surface area contributed by atoms with Gasteiger partial charge in [-0.3, -0.25) is 0 Å². The SMILES string of the molecule is CCN1CCN(c2ccc(C(=C(CCCO)c3ccccc3)c3ccc(O)cc3)cc2)CC1. The molecule has 0 unspecified atom stereocenters. The second kappa shape index (κ2) is 11.2. The molecule has 4 nitrogen and oxygen atoms in total. The number of phenolic OH excluding ortho intramolecular Hbond substituents is 1. The molecule has 4 rings (SSSR count). The van der Waals surface area contributed by atoms with Gasteiger partial charge in [0, 0.05) is 38.5 Å². The second-order valence-electron chi connectivity index (χ2n) is 8.56. The lowest BCUT2D eigenvalue weighted by Crippen LogP contribution is -2.46. The van der Waals surface area contributed by atoms with Gasteiger partial charge in [0.05, 0.1) is 0 Å². The van der Waals surface area contributed by atoms with Crippen molar-refractivity contribution < 1.29 is 10.2 Å². The molecule has 0 atom stereocenters. The highest BCUT2D eigenvalue weighted by Gasteiger charge is 2.18. The minimum atomic E-state index is 0.155. The maximum Gasteiger partial charge on any atom is 0.115 e. The number of piperazine rings is 1. The lowest BCUT2D eigenvalue weighted by atomic mass is 9.87. The van der Waals surface area contributed by atoms with Crippen molar-refractivity contribution in [2.45, 2.75) is 19.8 Å². The van der Waals surface area contributed by atoms with Gasteiger partial charge in [-0.25, -0.2) is 0 Å². The molecule has 33 heavy (non-hydrogen) atoms. The summed E-state index contributed by atoms with van der Waals surface area (Å²) in [7, 11) is 0. The first-order valence-corrected chi connectivity index (χ1v) is 12.0. The van der Waals surface area contributed by atoms with Gasteiger partial charge >= 0.3 is 0 Å². The maximum absolute atomic E-state index is 9.87. The van der Waals surface area contributed by atoms with Crippen LogP contribution in [0.1, 0.15) is 36.5 Å². The lowest BCUT2D eigenvalue weighted by Gasteiger charge is -2.35. The molecule has 1 heterocycles. The zero-order valence-electron chi connectivity index (χ0n) is 19.5. The molecule has 1 saturated heterocycles. The van der Waals surface area contributed by atoms with Gasteiger partial charge in [0.2, 0.25) is 0 Å². The molecule has 1 fully saturated rings. The van der Waals surface area contributed by atoms with Gasteiger partial charge in [-0.15, -0.1) is 0 Å². The first-order chi connectivity index (χ1) is 16.2. The molecule has 3 aromatic carbocycles. The van der Waals surface area contributed by atoms with E-state index in [9.17, 15) is 10.2 Å². The van der Waals surface area contributed by atoms with Crippen molar-refractivity contribution in [1.29, 1.82) is 0 Å². The van der Waals surface area contributed by atoms with Gasteiger partial charge in [0.15, 0.2) is 0 Å². The van der Waals surface area contributed by atoms with Crippen LogP contribution in [0.4, 0.5) is 5.69 Å². The Bertz CT molecular complexity index is 1040. The van der Waals surface area contributed by atoms with E-state index < -0.39 is 0 Å². The maximum atomic E-state index is 9.87. The summed E-state index contributed by atoms with van der Waals surface area (Å²) in [6.45, 7) is 7.82. The highest BCUT2D eigenvalue weighted by molar-refractivity contribution is 5.98. The number of aromatic hydroxyl groups is 1. The van der Waals surface area contributed by atoms with Gasteiger partial charge in [0.1, 0.15) is 5.75 Å². The number of likely N-dealkylation sites (N-methyl/N-ethyl adjacent to an activating group) is 1. The van der Waals surface area contributed by atoms with Crippen molar-refractivity contribution in [1.82, 2.24) is 4.90 Å². The molecule has 1 aliphatic rings. The smallest absolute Gasteiger partial charge is 0.115 e. The van der Waals surface area contributed by atoms with E-state index in [4.69, 9.17) is 0 Å². The first kappa shape index (κ1) is 23.1. The molecule has 4 heteroatoms. The summed E-state index contributed by atoms with van der Waals surface area (Å²) in [6.07, 6.45) is 1.48. The van der Waals surface area contributed by atoms with Crippen molar-refractivity contribution in [3.63, 3.8) is 0 Å². The number of aliphatic hydroxyl groups is 1. The van der Waals surface area contributed by atoms with E-state index in [1.54, 1.807) is 12.1 Å². The van der Waals surface area contributed by atoms with Crippen LogP contribution in [0, 0.1) is 0 Å². The summed E-state index contributed by atoms with van der Waals surface area (Å²) in [5.41, 5.74) is 6.99. The summed E-state index contributed by atoms with van der Waals surface area (Å²) in [5, 5.41) is 19.4. The largest absolute Gasteiger partial charge is 0.508 e. The Balaban J connectivity index is 1.75. The highest BCUT2D eigenvalue weighted by atomic mass is 16.3. The third-order valence-corrected chi connectivity index (χ3v) is 6.51. The van der Waals surface area contributed by atoms with Crippen molar-refractivity contribution in [3.8, 4) is 5.75 Å². The molecule has 1 aliphatic heterocycles. The average Bonchev–Trinajstić information content (AvgIpc) is 2.88. The summed E-state index contributed by atoms with van der Waals surface area (Å²) in [5.74, 6) is 0.260. The zero-order chi connectivity index (χ0) is 23.0. The van der Waals surface area contributed by atoms with E-state index in [1.165, 1.54) is 11.3 Å². The Labute approximate surface area is 197 Å². The fourth-order valence-corrected chi connectivity index (χ4v) is 4.61. The molecule has 172 valence electrons. The molecule has 2 N–H and O–H groups in total. The van der Waals surface area contributed by atoms with Gasteiger partial charge in [0.25, 0.3) is 0 Å². The standard InChI is InChI=1S/C29H34N2O2/c1-2-30-18-20-31(21-19-30)26-14-10-24(11-15-26)29(25-12-16-27(33)17-13-25)28(9-6-22-32)23-7-4-3-5-8-23/h3-5,7-8,10-17,32-33H,2,6,9,18-22H2,1H3. The van der Waals surface area contributed by atoms with Crippen LogP contribution in [-0.2, 0) is 0 Å². The summed E-state index contributed by atoms with van der Waals surface area (Å²) in [4.78, 5) is 4.95. The quantitative estimate of drug-likeness (QED) is 0.467. The predicted octanol–water partition coefficient (Wildman–Crippen LogP) is 5.27. The van der Waals surface area contributed by atoms with Crippen LogP contribution in [-0.4, -0.2) is 54.4 Å². The number of allylic oxidation sites excluding steroid dienone is 1. The van der Waals surface area contributed by atoms with Crippen LogP contribution >= 0.6 is 0 Å². The van der Waals surface area contributed by atoms with Crippen molar-refractivity contribution in [2.24, 2.45) is 0 Å². The normalized spacial score (nSPS) is 15.4. The van der Waals surface area contributed by atoms with Crippen LogP contribution in [0.2, 0.25) is 0 Å². The Hall–Kier alpha value is -3.08. The molecular formula is C29H34N2O2. The fraction of sp³-hybridized carbons (Fsp3) is 0.310. The van der Waals surface area contributed by atoms with E-state index in [0.717, 1.165) is 61.4 Å². The molecule has 0 spiro atoms. The molecule has 0 amide bonds. The third kappa shape index (κ3) is 5.65. The van der Waals surface area contributed by atoms with Gasteiger partial charge in [-0.05, 0) is 71.5 Å². The number of hydrogen-bond acceptors (Lipinski definition) is 4. The summed E-state index contributed by atoms with van der Waals surface area (Å²) in [6, 6.07) is 26.7. The molecule has 0 radical (unpaired) electrons. The Morgan fingerprint density at radius 3 is 1.94 bits per heavy atom. The molecule has 0 bridgehead atoms. The first-order valence-electron chi connectivity index (χ1n) is 12.0. The highest BCUT2D eigenvalue weighted by Crippen LogP contribution is 2.36. The minimum absolute atomic E-state index is 0.155. The van der Waals surface area contributed by atoms with Crippen molar-refractivity contribution in [3.05, 3.63) is 95.6 Å². The van der Waals surface area contributed by atoms with Crippen molar-refractivity contribution in [2.75, 3.05) is 44.2 Å². The van der Waals surface area contributed by atoms with E-state index in [-0.39, 0.29) is 12.4 Å². The van der Waals surface area contributed by atoms with Crippen LogP contribution in [0.15, 0.2) is 78.9 Å². The number of anilines is 1. The van der Waals surface area contributed by atoms with Gasteiger partial charge in [-0.2, -0.15) is 0 Å². The van der Waals surface area contributed by atoms with E-state index in [2.05, 4.69) is 65.3 Å². The topological polar surface area (TPSA) is 46.9 Å². The summed E-state index contributed by atoms with van der Waals surface area (Å²) >= 11 is 0. The number of hydrogen-bond donors (Lipinski definition) is 2. The van der Waals surface area contributed by atoms with E-state index in [1.807, 2.05) is 18.2 Å². The number of nitrogens with zero attached hydrogens (tertiary/aromatic N) is 2. The number of phenols is 1. The molecular weight excluding hydrogens is 408 g/mol. The Morgan fingerprint density at radius 1 is 0.758 bits per heavy atom. The number of rotatable bonds is 8. The Kier molecular flexibility index (Phi) is 7.82. The van der Waals surface area contributed by atoms with Crippen LogP contribution in [0.5, 0.6) is 5.75 Å². The zero-order valence-corrected chi connectivity index (χ0v) is 19.5. The van der Waals surface area contributed by atoms with Gasteiger partial charge < -0.3 is 20.0 Å². The third-order valence-electron chi connectivity index (χ3n) is 6.51. The number of benzene rings is 3. The Morgan fingerprint density at radius 2 is 1.36 bits per heavy atom. The number of aliphatic hydroxyl groups excluding tert-OH is 1. The van der Waals surface area contributed by atoms with Gasteiger partial charge in [-0.1, -0.05) is 61.5 Å². The average molecular weight is 443 g/mol. The predicted molar refractivity (Wildman–Crippen MR) is 138 cm³/mol. The monoisotopic (exact) mass is 442 g/mol. The van der Waals surface area contributed by atoms with E-state index in [0.29, 0.717) is 6.42 Å². The fourth-order valence-electron chi connectivity index (χ4n) is 4.61. The van der Waals surface area contributed by atoms with Crippen LogP contribution in [0.25, 0.3) is 11.1 Å². The van der Waals surface area contributed by atoms with Crippen LogP contribution < -0.4 is 4.90 Å². The van der Waals surface area contributed by atoms with Crippen molar-refractivity contribution >= 4 is 16.8 Å². The minimum Gasteiger partial charge on any atom is -0.508 e. The molecule has 0 saturated carbocycles.